The van der Waals surface area contributed by atoms with Gasteiger partial charge in [0.2, 0.25) is 17.6 Å². The molecule has 2 aliphatic rings. The average molecular weight is 600 g/mol. The number of ketones is 1. The number of carbonyl (C=O) groups is 5. The maximum Gasteiger partial charge on any atom is 0.315 e. The van der Waals surface area contributed by atoms with Crippen molar-refractivity contribution in [2.24, 2.45) is 23.0 Å². The van der Waals surface area contributed by atoms with Gasteiger partial charge in [0.1, 0.15) is 12.1 Å². The van der Waals surface area contributed by atoms with Gasteiger partial charge in [-0.15, -0.1) is 0 Å². The zero-order valence-corrected chi connectivity index (χ0v) is 26.5. The molecule has 1 saturated heterocycles. The number of rotatable bonds is 12. The summed E-state index contributed by atoms with van der Waals surface area (Å²) in [5, 5.41) is 8.11. The van der Waals surface area contributed by atoms with Gasteiger partial charge in [-0.3, -0.25) is 19.2 Å². The van der Waals surface area contributed by atoms with Crippen molar-refractivity contribution in [1.29, 1.82) is 0 Å². The molecule has 234 valence electrons. The molecule has 0 spiro atoms. The first-order chi connectivity index (χ1) is 18.7. The number of urea groups is 1. The maximum atomic E-state index is 13.8. The SMILES string of the molecule is CC(C)[C@@H](CS(=O)(=O)C(C)(C)C)NC(=O)N[C@H](C(=O)N1CCCC1C(=O)NC(CC1CC1)C(=O)C(N)=O)C(C)(C)C. The van der Waals surface area contributed by atoms with Crippen LogP contribution in [-0.4, -0.2) is 84.1 Å². The fourth-order valence-electron chi connectivity index (χ4n) is 4.70. The molecule has 0 radical (unpaired) electrons. The monoisotopic (exact) mass is 599 g/mol. The molecule has 5 amide bonds. The Morgan fingerprint density at radius 2 is 1.51 bits per heavy atom. The Morgan fingerprint density at radius 1 is 0.927 bits per heavy atom. The Bertz CT molecular complexity index is 1120. The van der Waals surface area contributed by atoms with Crippen molar-refractivity contribution in [3.8, 4) is 0 Å². The Hall–Kier alpha value is -2.70. The minimum absolute atomic E-state index is 0.194. The molecule has 13 heteroatoms. The molecular weight excluding hydrogens is 550 g/mol. The molecule has 4 atom stereocenters. The maximum absolute atomic E-state index is 13.8. The van der Waals surface area contributed by atoms with E-state index in [9.17, 15) is 32.4 Å². The number of nitrogens with one attached hydrogen (secondary N) is 3. The molecule has 2 fully saturated rings. The number of carbonyl (C=O) groups excluding carboxylic acids is 5. The van der Waals surface area contributed by atoms with Crippen LogP contribution in [0.1, 0.15) is 87.5 Å². The van der Waals surface area contributed by atoms with E-state index < -0.39 is 73.7 Å². The summed E-state index contributed by atoms with van der Waals surface area (Å²) < 4.78 is 24.6. The van der Waals surface area contributed by atoms with Gasteiger partial charge in [-0.1, -0.05) is 47.5 Å². The summed E-state index contributed by atoms with van der Waals surface area (Å²) in [6.45, 7) is 14.1. The Labute approximate surface area is 244 Å². The number of hydrogen-bond acceptors (Lipinski definition) is 7. The van der Waals surface area contributed by atoms with Crippen LogP contribution in [0, 0.1) is 17.3 Å². The van der Waals surface area contributed by atoms with E-state index in [0.717, 1.165) is 12.8 Å². The van der Waals surface area contributed by atoms with Gasteiger partial charge in [0, 0.05) is 12.6 Å². The van der Waals surface area contributed by atoms with Gasteiger partial charge >= 0.3 is 6.03 Å². The van der Waals surface area contributed by atoms with Crippen molar-refractivity contribution in [2.45, 2.75) is 116 Å². The van der Waals surface area contributed by atoms with E-state index >= 15 is 0 Å². The van der Waals surface area contributed by atoms with E-state index in [0.29, 0.717) is 19.3 Å². The van der Waals surface area contributed by atoms with Crippen LogP contribution in [0.5, 0.6) is 0 Å². The summed E-state index contributed by atoms with van der Waals surface area (Å²) in [6, 6.07) is -4.31. The summed E-state index contributed by atoms with van der Waals surface area (Å²) in [6.07, 6.45) is 3.05. The lowest BCUT2D eigenvalue weighted by molar-refractivity contribution is -0.143. The van der Waals surface area contributed by atoms with Crippen LogP contribution in [0.4, 0.5) is 4.79 Å². The summed E-state index contributed by atoms with van der Waals surface area (Å²) in [5.41, 5.74) is 4.44. The van der Waals surface area contributed by atoms with Crippen molar-refractivity contribution in [2.75, 3.05) is 12.3 Å². The fraction of sp³-hybridized carbons (Fsp3) is 0.821. The summed E-state index contributed by atoms with van der Waals surface area (Å²) in [7, 11) is -3.53. The molecule has 5 N–H and O–H groups in total. The fourth-order valence-corrected chi connectivity index (χ4v) is 6.14. The van der Waals surface area contributed by atoms with E-state index in [4.69, 9.17) is 5.73 Å². The number of primary amides is 1. The summed E-state index contributed by atoms with van der Waals surface area (Å²) in [5.74, 6) is -3.19. The average Bonchev–Trinajstić information content (AvgIpc) is 3.50. The van der Waals surface area contributed by atoms with E-state index in [1.165, 1.54) is 4.90 Å². The van der Waals surface area contributed by atoms with Crippen molar-refractivity contribution >= 4 is 39.4 Å². The highest BCUT2D eigenvalue weighted by molar-refractivity contribution is 7.92. The van der Waals surface area contributed by atoms with Crippen molar-refractivity contribution in [3.05, 3.63) is 0 Å². The molecule has 1 heterocycles. The third kappa shape index (κ3) is 9.40. The van der Waals surface area contributed by atoms with Crippen LogP contribution in [0.2, 0.25) is 0 Å². The number of Topliss-reactive ketones (excluding diaryl/α,β-unsaturated/α-hetero) is 1. The van der Waals surface area contributed by atoms with Crippen molar-refractivity contribution < 1.29 is 32.4 Å². The highest BCUT2D eigenvalue weighted by atomic mass is 32.2. The molecule has 0 bridgehead atoms. The van der Waals surface area contributed by atoms with Crippen LogP contribution in [0.15, 0.2) is 0 Å². The predicted molar refractivity (Wildman–Crippen MR) is 155 cm³/mol. The smallest absolute Gasteiger partial charge is 0.315 e. The summed E-state index contributed by atoms with van der Waals surface area (Å²) >= 11 is 0. The lowest BCUT2D eigenvalue weighted by Gasteiger charge is -2.36. The standard InChI is InChI=1S/C28H49N5O7S/c1-16(2)19(15-41(39,40)28(6,7)8)31-26(38)32-22(27(3,4)5)25(37)33-13-9-10-20(33)24(36)30-18(14-17-11-12-17)21(34)23(29)35/h16-20,22H,9-15H2,1-8H3,(H2,29,35)(H,30,36)(H2,31,32,38)/t18?,19-,20?,22-/m1/s1. The van der Waals surface area contributed by atoms with E-state index in [-0.39, 0.29) is 24.1 Å². The number of likely N-dealkylation sites (tertiary alicyclic amines) is 1. The molecule has 2 rings (SSSR count). The second kappa shape index (κ2) is 13.1. The predicted octanol–water partition coefficient (Wildman–Crippen LogP) is 1.27. The van der Waals surface area contributed by atoms with Gasteiger partial charge in [0.25, 0.3) is 5.91 Å². The molecule has 0 aromatic heterocycles. The molecule has 1 aliphatic heterocycles. The number of nitrogens with zero attached hydrogens (tertiary/aromatic N) is 1. The zero-order chi connectivity index (χ0) is 31.5. The molecule has 0 aromatic rings. The topological polar surface area (TPSA) is 185 Å². The molecular formula is C28H49N5O7S. The van der Waals surface area contributed by atoms with Crippen LogP contribution in [0.3, 0.4) is 0 Å². The van der Waals surface area contributed by atoms with Gasteiger partial charge in [-0.2, -0.15) is 0 Å². The van der Waals surface area contributed by atoms with Gasteiger partial charge < -0.3 is 26.6 Å². The number of nitrogens with two attached hydrogens (primary N) is 1. The van der Waals surface area contributed by atoms with Gasteiger partial charge in [-0.05, 0) is 57.3 Å². The Balaban J connectivity index is 2.18. The molecule has 2 unspecified atom stereocenters. The van der Waals surface area contributed by atoms with Crippen molar-refractivity contribution in [3.63, 3.8) is 0 Å². The molecule has 0 aromatic carbocycles. The second-order valence-electron chi connectivity index (χ2n) is 13.8. The number of amides is 5. The molecule has 41 heavy (non-hydrogen) atoms. The van der Waals surface area contributed by atoms with Gasteiger partial charge in [-0.25, -0.2) is 13.2 Å². The van der Waals surface area contributed by atoms with E-state index in [1.54, 1.807) is 41.5 Å². The third-order valence-electron chi connectivity index (χ3n) is 7.82. The minimum Gasteiger partial charge on any atom is -0.363 e. The lowest BCUT2D eigenvalue weighted by atomic mass is 9.85. The van der Waals surface area contributed by atoms with E-state index in [2.05, 4.69) is 16.0 Å². The van der Waals surface area contributed by atoms with Gasteiger partial charge in [0.05, 0.1) is 16.5 Å². The van der Waals surface area contributed by atoms with Crippen LogP contribution in [-0.2, 0) is 29.0 Å². The number of sulfone groups is 1. The lowest BCUT2D eigenvalue weighted by Crippen LogP contribution is -2.61. The highest BCUT2D eigenvalue weighted by Crippen LogP contribution is 2.34. The van der Waals surface area contributed by atoms with Gasteiger partial charge in [0.15, 0.2) is 9.84 Å². The normalized spacial score (nSPS) is 20.2. The Morgan fingerprint density at radius 3 is 1.98 bits per heavy atom. The highest BCUT2D eigenvalue weighted by Gasteiger charge is 2.43. The first-order valence-electron chi connectivity index (χ1n) is 14.4. The van der Waals surface area contributed by atoms with Crippen molar-refractivity contribution in [1.82, 2.24) is 20.9 Å². The largest absolute Gasteiger partial charge is 0.363 e. The molecule has 1 aliphatic carbocycles. The number of hydrogen-bond donors (Lipinski definition) is 4. The Kier molecular flexibility index (Phi) is 11.0. The third-order valence-corrected chi connectivity index (χ3v) is 10.5. The second-order valence-corrected chi connectivity index (χ2v) is 16.6. The van der Waals surface area contributed by atoms with E-state index in [1.807, 2.05) is 13.8 Å². The zero-order valence-electron chi connectivity index (χ0n) is 25.7. The molecule has 12 nitrogen and oxygen atoms in total. The molecule has 1 saturated carbocycles. The first-order valence-corrected chi connectivity index (χ1v) is 16.0. The first kappa shape index (κ1) is 34.5. The minimum atomic E-state index is -3.53. The summed E-state index contributed by atoms with van der Waals surface area (Å²) in [4.78, 5) is 65.5. The van der Waals surface area contributed by atoms with Crippen LogP contribution < -0.4 is 21.7 Å². The van der Waals surface area contributed by atoms with Crippen LogP contribution >= 0.6 is 0 Å². The quantitative estimate of drug-likeness (QED) is 0.243. The van der Waals surface area contributed by atoms with Crippen LogP contribution in [0.25, 0.3) is 0 Å².